The van der Waals surface area contributed by atoms with Crippen molar-refractivity contribution < 1.29 is 14.0 Å². The molecule has 0 amide bonds. The molecule has 4 nitrogen and oxygen atoms in total. The Morgan fingerprint density at radius 2 is 1.76 bits per heavy atom. The van der Waals surface area contributed by atoms with Crippen LogP contribution in [0.3, 0.4) is 0 Å². The van der Waals surface area contributed by atoms with E-state index in [1.165, 1.54) is 26.0 Å². The van der Waals surface area contributed by atoms with E-state index in [-0.39, 0.29) is 5.97 Å². The summed E-state index contributed by atoms with van der Waals surface area (Å²) in [5.41, 5.74) is 0. The summed E-state index contributed by atoms with van der Waals surface area (Å²) in [6.07, 6.45) is 3.76. The number of hydrogen-bond acceptors (Lipinski definition) is 4. The Hall–Kier alpha value is -0.393. The SMILES string of the molecule is COC(=O)CCCNCCCC[Si](C)(C)OC. The standard InChI is InChI=1S/C12H27NO3Si/c1-15-12(14)8-7-10-13-9-5-6-11-17(3,4)16-2/h13H,5-11H2,1-4H3. The number of hydrogen-bond donors (Lipinski definition) is 1. The number of ether oxygens (including phenoxy) is 1. The maximum atomic E-state index is 10.8. The largest absolute Gasteiger partial charge is 0.469 e. The molecule has 0 fully saturated rings. The van der Waals surface area contributed by atoms with E-state index >= 15 is 0 Å². The minimum atomic E-state index is -1.36. The van der Waals surface area contributed by atoms with Gasteiger partial charge < -0.3 is 14.5 Å². The molecule has 0 heterocycles. The van der Waals surface area contributed by atoms with Crippen LogP contribution in [0.1, 0.15) is 25.7 Å². The molecule has 0 spiro atoms. The first-order valence-electron chi connectivity index (χ1n) is 6.34. The van der Waals surface area contributed by atoms with E-state index in [0.29, 0.717) is 6.42 Å². The summed E-state index contributed by atoms with van der Waals surface area (Å²) in [5.74, 6) is -0.125. The van der Waals surface area contributed by atoms with Gasteiger partial charge in [-0.15, -0.1) is 0 Å². The molecule has 0 aliphatic heterocycles. The molecule has 0 aliphatic carbocycles. The van der Waals surface area contributed by atoms with Crippen molar-refractivity contribution in [2.45, 2.75) is 44.8 Å². The van der Waals surface area contributed by atoms with Gasteiger partial charge in [0.05, 0.1) is 7.11 Å². The first-order chi connectivity index (χ1) is 8.02. The van der Waals surface area contributed by atoms with Crippen LogP contribution < -0.4 is 5.32 Å². The lowest BCUT2D eigenvalue weighted by molar-refractivity contribution is -0.140. The predicted octanol–water partition coefficient (Wildman–Crippen LogP) is 2.16. The van der Waals surface area contributed by atoms with Crippen molar-refractivity contribution in [1.29, 1.82) is 0 Å². The van der Waals surface area contributed by atoms with Crippen LogP contribution in [0, 0.1) is 0 Å². The first-order valence-corrected chi connectivity index (χ1v) is 9.46. The maximum Gasteiger partial charge on any atom is 0.305 e. The molecular weight excluding hydrogens is 234 g/mol. The van der Waals surface area contributed by atoms with Crippen molar-refractivity contribution in [1.82, 2.24) is 5.32 Å². The summed E-state index contributed by atoms with van der Waals surface area (Å²) in [7, 11) is 1.88. The molecule has 0 radical (unpaired) electrons. The van der Waals surface area contributed by atoms with Crippen LogP contribution in [0.5, 0.6) is 0 Å². The number of rotatable bonds is 10. The minimum Gasteiger partial charge on any atom is -0.469 e. The molecule has 0 atom stereocenters. The highest BCUT2D eigenvalue weighted by atomic mass is 28.4. The van der Waals surface area contributed by atoms with Crippen LogP contribution in [-0.2, 0) is 14.0 Å². The topological polar surface area (TPSA) is 47.6 Å². The smallest absolute Gasteiger partial charge is 0.305 e. The molecule has 0 rings (SSSR count). The fraction of sp³-hybridized carbons (Fsp3) is 0.917. The van der Waals surface area contributed by atoms with E-state index in [1.807, 2.05) is 7.11 Å². The van der Waals surface area contributed by atoms with Crippen molar-refractivity contribution in [3.05, 3.63) is 0 Å². The van der Waals surface area contributed by atoms with Gasteiger partial charge in [0, 0.05) is 13.5 Å². The summed E-state index contributed by atoms with van der Waals surface area (Å²) in [5, 5.41) is 3.34. The second-order valence-electron chi connectivity index (χ2n) is 4.85. The molecule has 0 aromatic carbocycles. The van der Waals surface area contributed by atoms with Gasteiger partial charge in [0.1, 0.15) is 0 Å². The number of carbonyl (C=O) groups is 1. The third-order valence-corrected chi connectivity index (χ3v) is 5.56. The Morgan fingerprint density at radius 3 is 2.35 bits per heavy atom. The van der Waals surface area contributed by atoms with Gasteiger partial charge in [-0.2, -0.15) is 0 Å². The molecule has 17 heavy (non-hydrogen) atoms. The molecule has 0 bridgehead atoms. The fourth-order valence-electron chi connectivity index (χ4n) is 1.49. The summed E-state index contributed by atoms with van der Waals surface area (Å²) >= 11 is 0. The van der Waals surface area contributed by atoms with Crippen LogP contribution in [0.25, 0.3) is 0 Å². The lowest BCUT2D eigenvalue weighted by Crippen LogP contribution is -2.28. The van der Waals surface area contributed by atoms with Gasteiger partial charge in [-0.05, 0) is 45.1 Å². The number of methoxy groups -OCH3 is 1. The van der Waals surface area contributed by atoms with Gasteiger partial charge in [0.15, 0.2) is 8.32 Å². The predicted molar refractivity (Wildman–Crippen MR) is 72.7 cm³/mol. The second kappa shape index (κ2) is 9.62. The molecule has 0 saturated carbocycles. The van der Waals surface area contributed by atoms with Gasteiger partial charge in [0.2, 0.25) is 0 Å². The van der Waals surface area contributed by atoms with E-state index in [1.54, 1.807) is 0 Å². The quantitative estimate of drug-likeness (QED) is 0.372. The molecule has 102 valence electrons. The Labute approximate surface area is 106 Å². The molecule has 5 heteroatoms. The van der Waals surface area contributed by atoms with Crippen molar-refractivity contribution in [2.75, 3.05) is 27.3 Å². The Kier molecular flexibility index (Phi) is 9.40. The van der Waals surface area contributed by atoms with Crippen LogP contribution in [-0.4, -0.2) is 41.6 Å². The highest BCUT2D eigenvalue weighted by molar-refractivity contribution is 6.71. The minimum absolute atomic E-state index is 0.125. The Bertz CT molecular complexity index is 210. The average Bonchev–Trinajstić information content (AvgIpc) is 2.32. The summed E-state index contributed by atoms with van der Waals surface area (Å²) < 4.78 is 10.1. The average molecular weight is 261 g/mol. The number of carbonyl (C=O) groups excluding carboxylic acids is 1. The number of unbranched alkanes of at least 4 members (excludes halogenated alkanes) is 1. The molecule has 0 aliphatic rings. The van der Waals surface area contributed by atoms with Crippen LogP contribution in [0.2, 0.25) is 19.1 Å². The number of esters is 1. The van der Waals surface area contributed by atoms with Crippen molar-refractivity contribution >= 4 is 14.3 Å². The normalized spacial score (nSPS) is 11.5. The van der Waals surface area contributed by atoms with E-state index in [9.17, 15) is 4.79 Å². The van der Waals surface area contributed by atoms with Gasteiger partial charge in [-0.1, -0.05) is 6.42 Å². The summed E-state index contributed by atoms with van der Waals surface area (Å²) in [4.78, 5) is 10.8. The molecule has 0 unspecified atom stereocenters. The zero-order chi connectivity index (χ0) is 13.1. The zero-order valence-corrected chi connectivity index (χ0v) is 12.7. The molecule has 0 aromatic heterocycles. The zero-order valence-electron chi connectivity index (χ0n) is 11.7. The second-order valence-corrected chi connectivity index (χ2v) is 9.28. The Balaban J connectivity index is 3.22. The van der Waals surface area contributed by atoms with E-state index in [2.05, 4.69) is 23.1 Å². The monoisotopic (exact) mass is 261 g/mol. The van der Waals surface area contributed by atoms with Crippen LogP contribution in [0.15, 0.2) is 0 Å². The summed E-state index contributed by atoms with van der Waals surface area (Å²) in [6.45, 7) is 6.41. The fourth-order valence-corrected chi connectivity index (χ4v) is 2.79. The first kappa shape index (κ1) is 16.6. The molecular formula is C12H27NO3Si. The van der Waals surface area contributed by atoms with E-state index < -0.39 is 8.32 Å². The van der Waals surface area contributed by atoms with Crippen molar-refractivity contribution in [3.63, 3.8) is 0 Å². The van der Waals surface area contributed by atoms with E-state index in [0.717, 1.165) is 19.5 Å². The van der Waals surface area contributed by atoms with Gasteiger partial charge in [-0.3, -0.25) is 4.79 Å². The number of nitrogens with one attached hydrogen (secondary N) is 1. The van der Waals surface area contributed by atoms with Gasteiger partial charge in [0.25, 0.3) is 0 Å². The lowest BCUT2D eigenvalue weighted by Gasteiger charge is -2.19. The third-order valence-electron chi connectivity index (χ3n) is 2.90. The summed E-state index contributed by atoms with van der Waals surface area (Å²) in [6, 6.07) is 1.22. The van der Waals surface area contributed by atoms with Crippen LogP contribution in [0.4, 0.5) is 0 Å². The maximum absolute atomic E-state index is 10.8. The van der Waals surface area contributed by atoms with Crippen LogP contribution >= 0.6 is 0 Å². The highest BCUT2D eigenvalue weighted by Crippen LogP contribution is 2.13. The Morgan fingerprint density at radius 1 is 1.12 bits per heavy atom. The molecule has 1 N–H and O–H groups in total. The third kappa shape index (κ3) is 10.5. The van der Waals surface area contributed by atoms with Gasteiger partial charge in [-0.25, -0.2) is 0 Å². The molecule has 0 aromatic rings. The van der Waals surface area contributed by atoms with Gasteiger partial charge >= 0.3 is 5.97 Å². The van der Waals surface area contributed by atoms with Crippen molar-refractivity contribution in [2.24, 2.45) is 0 Å². The molecule has 0 saturated heterocycles. The highest BCUT2D eigenvalue weighted by Gasteiger charge is 2.18. The lowest BCUT2D eigenvalue weighted by atomic mass is 10.3. The van der Waals surface area contributed by atoms with E-state index in [4.69, 9.17) is 4.43 Å². The van der Waals surface area contributed by atoms with Crippen molar-refractivity contribution in [3.8, 4) is 0 Å².